The largest absolute Gasteiger partial charge is 0.417 e. The standard InChI is InChI=1S/C20H20F2N4O3/c1-12-11-25(16-7-13(21)6-14(22)8-16)4-5-26(12)19(27)10-23-15-2-3-17-18(9-15)29-20(28)24-17/h2-3,6-9,12,23H,4-5,10-11H2,1H3,(H,24,28)/t12-/m1/s1. The number of oxazole rings is 1. The van der Waals surface area contributed by atoms with E-state index in [1.54, 1.807) is 23.1 Å². The van der Waals surface area contributed by atoms with Crippen molar-refractivity contribution in [1.29, 1.82) is 0 Å². The Kier molecular flexibility index (Phi) is 4.96. The highest BCUT2D eigenvalue weighted by atomic mass is 19.1. The Labute approximate surface area is 164 Å². The van der Waals surface area contributed by atoms with Crippen LogP contribution in [0.5, 0.6) is 0 Å². The van der Waals surface area contributed by atoms with Crippen LogP contribution in [0.3, 0.4) is 0 Å². The first-order chi connectivity index (χ1) is 13.9. The van der Waals surface area contributed by atoms with Gasteiger partial charge in [-0.15, -0.1) is 0 Å². The Balaban J connectivity index is 1.37. The molecule has 4 rings (SSSR count). The zero-order valence-electron chi connectivity index (χ0n) is 15.7. The van der Waals surface area contributed by atoms with E-state index in [1.165, 1.54) is 12.1 Å². The molecule has 1 amide bonds. The molecule has 0 unspecified atom stereocenters. The van der Waals surface area contributed by atoms with E-state index >= 15 is 0 Å². The van der Waals surface area contributed by atoms with Gasteiger partial charge in [-0.25, -0.2) is 13.6 Å². The monoisotopic (exact) mass is 402 g/mol. The minimum absolute atomic E-state index is 0.0824. The van der Waals surface area contributed by atoms with E-state index < -0.39 is 17.4 Å². The molecular formula is C20H20F2N4O3. The van der Waals surface area contributed by atoms with Gasteiger partial charge in [-0.05, 0) is 31.2 Å². The number of carbonyl (C=O) groups is 1. The number of anilines is 2. The number of aromatic nitrogens is 1. The van der Waals surface area contributed by atoms with Gasteiger partial charge in [-0.1, -0.05) is 0 Å². The van der Waals surface area contributed by atoms with Gasteiger partial charge in [0.05, 0.1) is 12.1 Å². The molecule has 2 N–H and O–H groups in total. The van der Waals surface area contributed by atoms with Gasteiger partial charge in [0.15, 0.2) is 5.58 Å². The molecule has 0 aliphatic carbocycles. The Bertz CT molecular complexity index is 1090. The number of hydrogen-bond donors (Lipinski definition) is 2. The van der Waals surface area contributed by atoms with E-state index in [9.17, 15) is 18.4 Å². The molecule has 0 saturated carbocycles. The van der Waals surface area contributed by atoms with E-state index in [0.717, 1.165) is 6.07 Å². The summed E-state index contributed by atoms with van der Waals surface area (Å²) in [7, 11) is 0. The van der Waals surface area contributed by atoms with Crippen LogP contribution in [0.2, 0.25) is 0 Å². The first kappa shape index (κ1) is 19.0. The van der Waals surface area contributed by atoms with Crippen LogP contribution in [0.4, 0.5) is 20.2 Å². The fourth-order valence-corrected chi connectivity index (χ4v) is 3.62. The summed E-state index contributed by atoms with van der Waals surface area (Å²) in [4.78, 5) is 30.0. The zero-order chi connectivity index (χ0) is 20.5. The summed E-state index contributed by atoms with van der Waals surface area (Å²) in [5.41, 5.74) is 2.14. The van der Waals surface area contributed by atoms with Crippen LogP contribution >= 0.6 is 0 Å². The van der Waals surface area contributed by atoms with Gasteiger partial charge >= 0.3 is 5.76 Å². The summed E-state index contributed by atoms with van der Waals surface area (Å²) >= 11 is 0. The number of carbonyl (C=O) groups excluding carboxylic acids is 1. The molecule has 152 valence electrons. The molecule has 1 atom stereocenters. The van der Waals surface area contributed by atoms with Crippen molar-refractivity contribution in [2.24, 2.45) is 0 Å². The molecule has 29 heavy (non-hydrogen) atoms. The zero-order valence-corrected chi connectivity index (χ0v) is 15.7. The molecule has 0 bridgehead atoms. The Morgan fingerprint density at radius 3 is 2.69 bits per heavy atom. The molecule has 7 nitrogen and oxygen atoms in total. The fraction of sp³-hybridized carbons (Fsp3) is 0.300. The number of fused-ring (bicyclic) bond motifs is 1. The van der Waals surface area contributed by atoms with Gasteiger partial charge in [0.25, 0.3) is 0 Å². The van der Waals surface area contributed by atoms with Crippen molar-refractivity contribution in [2.45, 2.75) is 13.0 Å². The molecule has 3 aromatic rings. The Morgan fingerprint density at radius 1 is 1.21 bits per heavy atom. The minimum atomic E-state index is -0.620. The first-order valence-corrected chi connectivity index (χ1v) is 9.26. The number of amides is 1. The second-order valence-electron chi connectivity index (χ2n) is 7.09. The van der Waals surface area contributed by atoms with Crippen LogP contribution in [0.1, 0.15) is 6.92 Å². The maximum atomic E-state index is 13.5. The van der Waals surface area contributed by atoms with Crippen molar-refractivity contribution in [1.82, 2.24) is 9.88 Å². The predicted molar refractivity (Wildman–Crippen MR) is 105 cm³/mol. The number of hydrogen-bond acceptors (Lipinski definition) is 5. The van der Waals surface area contributed by atoms with Gasteiger partial charge in [-0.2, -0.15) is 0 Å². The van der Waals surface area contributed by atoms with Crippen molar-refractivity contribution in [2.75, 3.05) is 36.4 Å². The average molecular weight is 402 g/mol. The van der Waals surface area contributed by atoms with Crippen LogP contribution < -0.4 is 16.0 Å². The van der Waals surface area contributed by atoms with Crippen LogP contribution in [-0.2, 0) is 4.79 Å². The van der Waals surface area contributed by atoms with E-state index in [2.05, 4.69) is 10.3 Å². The lowest BCUT2D eigenvalue weighted by atomic mass is 10.1. The number of benzene rings is 2. The van der Waals surface area contributed by atoms with E-state index in [-0.39, 0.29) is 18.5 Å². The van der Waals surface area contributed by atoms with Gasteiger partial charge in [-0.3, -0.25) is 9.78 Å². The molecule has 2 aromatic carbocycles. The summed E-state index contributed by atoms with van der Waals surface area (Å²) in [5.74, 6) is -1.85. The molecular weight excluding hydrogens is 382 g/mol. The number of H-pyrrole nitrogens is 1. The lowest BCUT2D eigenvalue weighted by molar-refractivity contribution is -0.131. The maximum Gasteiger partial charge on any atom is 0.417 e. The molecule has 0 spiro atoms. The van der Waals surface area contributed by atoms with Crippen LogP contribution in [0.25, 0.3) is 11.1 Å². The van der Waals surface area contributed by atoms with Gasteiger partial charge in [0.1, 0.15) is 11.6 Å². The summed E-state index contributed by atoms with van der Waals surface area (Å²) in [6.45, 7) is 3.40. The highest BCUT2D eigenvalue weighted by Gasteiger charge is 2.27. The van der Waals surface area contributed by atoms with Crippen molar-refractivity contribution in [3.05, 3.63) is 58.6 Å². The summed E-state index contributed by atoms with van der Waals surface area (Å²) in [6.07, 6.45) is 0. The second-order valence-corrected chi connectivity index (χ2v) is 7.09. The Morgan fingerprint density at radius 2 is 1.97 bits per heavy atom. The van der Waals surface area contributed by atoms with E-state index in [1.807, 2.05) is 11.8 Å². The molecule has 9 heteroatoms. The third kappa shape index (κ3) is 4.08. The fourth-order valence-electron chi connectivity index (χ4n) is 3.62. The van der Waals surface area contributed by atoms with Crippen LogP contribution in [0, 0.1) is 11.6 Å². The Hall–Kier alpha value is -3.36. The number of rotatable bonds is 4. The number of nitrogens with one attached hydrogen (secondary N) is 2. The molecule has 0 radical (unpaired) electrons. The van der Waals surface area contributed by atoms with E-state index in [4.69, 9.17) is 4.42 Å². The summed E-state index contributed by atoms with van der Waals surface area (Å²) < 4.78 is 32.0. The molecule has 1 aromatic heterocycles. The smallest absolute Gasteiger partial charge is 0.408 e. The maximum absolute atomic E-state index is 13.5. The molecule has 1 aliphatic rings. The number of halogens is 2. The molecule has 1 saturated heterocycles. The third-order valence-electron chi connectivity index (χ3n) is 5.03. The van der Waals surface area contributed by atoms with Gasteiger partial charge < -0.3 is 19.5 Å². The average Bonchev–Trinajstić information content (AvgIpc) is 3.04. The molecule has 1 fully saturated rings. The van der Waals surface area contributed by atoms with Crippen molar-refractivity contribution in [3.8, 4) is 0 Å². The molecule has 1 aliphatic heterocycles. The SMILES string of the molecule is C[C@@H]1CN(c2cc(F)cc(F)c2)CCN1C(=O)CNc1ccc2[nH]c(=O)oc2c1. The quantitative estimate of drug-likeness (QED) is 0.701. The normalized spacial score (nSPS) is 17.0. The lowest BCUT2D eigenvalue weighted by Crippen LogP contribution is -2.55. The first-order valence-electron chi connectivity index (χ1n) is 9.26. The molecule has 2 heterocycles. The summed E-state index contributed by atoms with van der Waals surface area (Å²) in [6, 6.07) is 8.42. The second kappa shape index (κ2) is 7.57. The van der Waals surface area contributed by atoms with Crippen molar-refractivity contribution >= 4 is 28.4 Å². The number of nitrogens with zero attached hydrogens (tertiary/aromatic N) is 2. The highest BCUT2D eigenvalue weighted by Crippen LogP contribution is 2.22. The number of aromatic amines is 1. The summed E-state index contributed by atoms with van der Waals surface area (Å²) in [5, 5.41) is 3.04. The lowest BCUT2D eigenvalue weighted by Gasteiger charge is -2.41. The minimum Gasteiger partial charge on any atom is -0.408 e. The van der Waals surface area contributed by atoms with Crippen molar-refractivity contribution in [3.63, 3.8) is 0 Å². The highest BCUT2D eigenvalue weighted by molar-refractivity contribution is 5.83. The third-order valence-corrected chi connectivity index (χ3v) is 5.03. The number of piperazine rings is 1. The van der Waals surface area contributed by atoms with Crippen LogP contribution in [-0.4, -0.2) is 48.0 Å². The predicted octanol–water partition coefficient (Wildman–Crippen LogP) is 2.55. The topological polar surface area (TPSA) is 81.6 Å². The van der Waals surface area contributed by atoms with Gasteiger partial charge in [0.2, 0.25) is 5.91 Å². The van der Waals surface area contributed by atoms with Gasteiger partial charge in [0, 0.05) is 49.2 Å². The van der Waals surface area contributed by atoms with Crippen molar-refractivity contribution < 1.29 is 18.0 Å². The van der Waals surface area contributed by atoms with E-state index in [0.29, 0.717) is 42.1 Å². The van der Waals surface area contributed by atoms with Crippen LogP contribution in [0.15, 0.2) is 45.6 Å².